The summed E-state index contributed by atoms with van der Waals surface area (Å²) in [6, 6.07) is 13.8. The summed E-state index contributed by atoms with van der Waals surface area (Å²) < 4.78 is 11.2. The van der Waals surface area contributed by atoms with Crippen molar-refractivity contribution in [3.05, 3.63) is 48.2 Å². The van der Waals surface area contributed by atoms with Crippen LogP contribution in [0.15, 0.2) is 42.5 Å². The molecule has 0 bridgehead atoms. The Morgan fingerprint density at radius 3 is 2.93 bits per heavy atom. The second kappa shape index (κ2) is 7.07. The Kier molecular flexibility index (Phi) is 4.27. The van der Waals surface area contributed by atoms with Crippen molar-refractivity contribution in [2.75, 3.05) is 31.6 Å². The van der Waals surface area contributed by atoms with Gasteiger partial charge in [0.25, 0.3) is 5.91 Å². The third kappa shape index (κ3) is 3.13. The number of nitrogens with zero attached hydrogens (tertiary/aromatic N) is 2. The number of hydrogen-bond acceptors (Lipinski definition) is 5. The maximum atomic E-state index is 13.0. The van der Waals surface area contributed by atoms with Gasteiger partial charge in [0.05, 0.1) is 5.52 Å². The lowest BCUT2D eigenvalue weighted by Crippen LogP contribution is -2.45. The molecule has 144 valence electrons. The molecule has 1 amide bonds. The van der Waals surface area contributed by atoms with Crippen LogP contribution in [0.4, 0.5) is 5.69 Å². The Bertz CT molecular complexity index is 1020. The van der Waals surface area contributed by atoms with E-state index in [1.807, 2.05) is 47.4 Å². The van der Waals surface area contributed by atoms with Gasteiger partial charge >= 0.3 is 0 Å². The van der Waals surface area contributed by atoms with Crippen LogP contribution in [0.3, 0.4) is 0 Å². The summed E-state index contributed by atoms with van der Waals surface area (Å²) in [7, 11) is 0. The van der Waals surface area contributed by atoms with Crippen LogP contribution < -0.4 is 14.8 Å². The molecule has 28 heavy (non-hydrogen) atoms. The van der Waals surface area contributed by atoms with Gasteiger partial charge in [0, 0.05) is 36.3 Å². The first-order valence-electron chi connectivity index (χ1n) is 9.66. The third-order valence-electron chi connectivity index (χ3n) is 5.29. The van der Waals surface area contributed by atoms with E-state index in [0.29, 0.717) is 25.5 Å². The zero-order chi connectivity index (χ0) is 18.9. The number of nitrogens with one attached hydrogen (secondary N) is 2. The molecule has 3 aromatic rings. The van der Waals surface area contributed by atoms with Gasteiger partial charge in [-0.15, -0.1) is 0 Å². The van der Waals surface area contributed by atoms with Crippen molar-refractivity contribution in [2.24, 2.45) is 0 Å². The van der Waals surface area contributed by atoms with Crippen LogP contribution in [-0.4, -0.2) is 53.3 Å². The smallest absolute Gasteiger partial charge is 0.275 e. The van der Waals surface area contributed by atoms with Crippen molar-refractivity contribution in [1.29, 1.82) is 0 Å². The number of piperidine rings is 1. The molecule has 2 aliphatic heterocycles. The summed E-state index contributed by atoms with van der Waals surface area (Å²) in [5, 5.41) is 11.6. The SMILES string of the molecule is O=C(c1n[nH]c2ccccc12)N1CCC[C@H](Nc2ccc3c(c2)OCCO3)C1. The van der Waals surface area contributed by atoms with E-state index in [1.165, 1.54) is 0 Å². The van der Waals surface area contributed by atoms with E-state index < -0.39 is 0 Å². The molecule has 2 N–H and O–H groups in total. The van der Waals surface area contributed by atoms with E-state index in [4.69, 9.17) is 9.47 Å². The number of anilines is 1. The molecule has 1 fully saturated rings. The first-order valence-corrected chi connectivity index (χ1v) is 9.66. The molecule has 2 aromatic carbocycles. The van der Waals surface area contributed by atoms with Gasteiger partial charge in [0.1, 0.15) is 13.2 Å². The number of benzene rings is 2. The van der Waals surface area contributed by atoms with Crippen LogP contribution in [0.25, 0.3) is 10.9 Å². The highest BCUT2D eigenvalue weighted by Crippen LogP contribution is 2.33. The molecule has 7 heteroatoms. The van der Waals surface area contributed by atoms with E-state index in [1.54, 1.807) is 0 Å². The van der Waals surface area contributed by atoms with Crippen LogP contribution in [0.1, 0.15) is 23.3 Å². The zero-order valence-electron chi connectivity index (χ0n) is 15.5. The fraction of sp³-hybridized carbons (Fsp3) is 0.333. The number of aromatic amines is 1. The normalized spacial score (nSPS) is 18.9. The monoisotopic (exact) mass is 378 g/mol. The second-order valence-corrected chi connectivity index (χ2v) is 7.21. The Balaban J connectivity index is 1.30. The summed E-state index contributed by atoms with van der Waals surface area (Å²) in [5.74, 6) is 1.52. The number of hydrogen-bond donors (Lipinski definition) is 2. The summed E-state index contributed by atoms with van der Waals surface area (Å²) in [4.78, 5) is 14.9. The number of rotatable bonds is 3. The Hall–Kier alpha value is -3.22. The molecule has 5 rings (SSSR count). The number of aromatic nitrogens is 2. The maximum absolute atomic E-state index is 13.0. The lowest BCUT2D eigenvalue weighted by molar-refractivity contribution is 0.0710. The standard InChI is InChI=1S/C21H22N4O3/c26-21(20-16-5-1-2-6-17(16)23-24-20)25-9-3-4-15(13-25)22-14-7-8-18-19(12-14)28-11-10-27-18/h1-2,5-8,12,15,22H,3-4,9-11,13H2,(H,23,24)/t15-/m0/s1. The van der Waals surface area contributed by atoms with Gasteiger partial charge in [-0.1, -0.05) is 18.2 Å². The number of carbonyl (C=O) groups is 1. The van der Waals surface area contributed by atoms with Crippen molar-refractivity contribution in [3.8, 4) is 11.5 Å². The number of likely N-dealkylation sites (tertiary alicyclic amines) is 1. The number of carbonyl (C=O) groups excluding carboxylic acids is 1. The van der Waals surface area contributed by atoms with Gasteiger partial charge in [0.2, 0.25) is 0 Å². The minimum atomic E-state index is -0.0221. The topological polar surface area (TPSA) is 79.5 Å². The van der Waals surface area contributed by atoms with Crippen molar-refractivity contribution in [1.82, 2.24) is 15.1 Å². The van der Waals surface area contributed by atoms with E-state index in [9.17, 15) is 4.79 Å². The van der Waals surface area contributed by atoms with Crippen LogP contribution in [0, 0.1) is 0 Å². The average molecular weight is 378 g/mol. The molecule has 2 aliphatic rings. The Labute approximate surface area is 162 Å². The Morgan fingerprint density at radius 2 is 2.00 bits per heavy atom. The van der Waals surface area contributed by atoms with Crippen LogP contribution in [0.2, 0.25) is 0 Å². The highest BCUT2D eigenvalue weighted by Gasteiger charge is 2.27. The predicted octanol–water partition coefficient (Wildman–Crippen LogP) is 3.05. The first-order chi connectivity index (χ1) is 13.8. The van der Waals surface area contributed by atoms with Crippen molar-refractivity contribution in [3.63, 3.8) is 0 Å². The largest absolute Gasteiger partial charge is 0.486 e. The summed E-state index contributed by atoms with van der Waals surface area (Å²) in [6.45, 7) is 2.55. The molecule has 1 atom stereocenters. The van der Waals surface area contributed by atoms with Crippen molar-refractivity contribution >= 4 is 22.5 Å². The summed E-state index contributed by atoms with van der Waals surface area (Å²) in [5.41, 5.74) is 2.36. The number of H-pyrrole nitrogens is 1. The van der Waals surface area contributed by atoms with E-state index >= 15 is 0 Å². The number of ether oxygens (including phenoxy) is 2. The van der Waals surface area contributed by atoms with Crippen molar-refractivity contribution < 1.29 is 14.3 Å². The van der Waals surface area contributed by atoms with Crippen LogP contribution >= 0.6 is 0 Å². The molecule has 0 radical (unpaired) electrons. The van der Waals surface area contributed by atoms with Crippen LogP contribution in [0.5, 0.6) is 11.5 Å². The van der Waals surface area contributed by atoms with Gasteiger partial charge in [-0.3, -0.25) is 9.89 Å². The molecule has 1 aromatic heterocycles. The Morgan fingerprint density at radius 1 is 1.14 bits per heavy atom. The molecule has 1 saturated heterocycles. The number of amides is 1. The molecule has 0 saturated carbocycles. The molecule has 7 nitrogen and oxygen atoms in total. The van der Waals surface area contributed by atoms with Gasteiger partial charge in [0.15, 0.2) is 17.2 Å². The van der Waals surface area contributed by atoms with E-state index in [0.717, 1.165) is 47.5 Å². The zero-order valence-corrected chi connectivity index (χ0v) is 15.5. The van der Waals surface area contributed by atoms with Crippen LogP contribution in [-0.2, 0) is 0 Å². The van der Waals surface area contributed by atoms with E-state index in [2.05, 4.69) is 15.5 Å². The fourth-order valence-electron chi connectivity index (χ4n) is 3.92. The highest BCUT2D eigenvalue weighted by molar-refractivity contribution is 6.04. The number of fused-ring (bicyclic) bond motifs is 2. The number of para-hydroxylation sites is 1. The molecule has 0 unspecified atom stereocenters. The first kappa shape index (κ1) is 16.9. The summed E-state index contributed by atoms with van der Waals surface area (Å²) >= 11 is 0. The molecule has 0 aliphatic carbocycles. The third-order valence-corrected chi connectivity index (χ3v) is 5.29. The maximum Gasteiger partial charge on any atom is 0.275 e. The molecule has 3 heterocycles. The van der Waals surface area contributed by atoms with Gasteiger partial charge in [-0.05, 0) is 31.0 Å². The fourth-order valence-corrected chi connectivity index (χ4v) is 3.92. The minimum Gasteiger partial charge on any atom is -0.486 e. The van der Waals surface area contributed by atoms with Gasteiger partial charge < -0.3 is 19.7 Å². The predicted molar refractivity (Wildman–Crippen MR) is 106 cm³/mol. The van der Waals surface area contributed by atoms with E-state index in [-0.39, 0.29) is 11.9 Å². The lowest BCUT2D eigenvalue weighted by Gasteiger charge is -2.33. The quantitative estimate of drug-likeness (QED) is 0.732. The highest BCUT2D eigenvalue weighted by atomic mass is 16.6. The van der Waals surface area contributed by atoms with Gasteiger partial charge in [-0.25, -0.2) is 0 Å². The molecular formula is C21H22N4O3. The average Bonchev–Trinajstić information content (AvgIpc) is 3.17. The molecule has 0 spiro atoms. The summed E-state index contributed by atoms with van der Waals surface area (Å²) in [6.07, 6.45) is 1.97. The minimum absolute atomic E-state index is 0.0221. The van der Waals surface area contributed by atoms with Gasteiger partial charge in [-0.2, -0.15) is 5.10 Å². The molecular weight excluding hydrogens is 356 g/mol. The van der Waals surface area contributed by atoms with Crippen molar-refractivity contribution in [2.45, 2.75) is 18.9 Å². The lowest BCUT2D eigenvalue weighted by atomic mass is 10.0. The second-order valence-electron chi connectivity index (χ2n) is 7.21.